The highest BCUT2D eigenvalue weighted by atomic mass is 32.2. The van der Waals surface area contributed by atoms with Crippen LogP contribution < -0.4 is 5.43 Å². The van der Waals surface area contributed by atoms with E-state index in [2.05, 4.69) is 5.10 Å². The van der Waals surface area contributed by atoms with Crippen molar-refractivity contribution in [2.75, 3.05) is 5.88 Å². The average molecular weight is 89.1 g/mol. The smallest absolute Gasteiger partial charge is 0.152 e. The topological polar surface area (TPSA) is 29.0 Å². The molecule has 0 saturated heterocycles. The second kappa shape index (κ2) is 1.43. The van der Waals surface area contributed by atoms with Crippen LogP contribution in [-0.4, -0.2) is 11.4 Å². The minimum atomic E-state index is 1.07. The van der Waals surface area contributed by atoms with Crippen molar-refractivity contribution in [1.82, 2.24) is 0 Å². The van der Waals surface area contributed by atoms with Gasteiger partial charge in [-0.05, 0) is 11.8 Å². The molecule has 0 atom stereocenters. The molecule has 1 aliphatic heterocycles. The predicted octanol–water partition coefficient (Wildman–Crippen LogP) is -0.803. The molecular formula is C2H5N2S+. The number of nitrogens with two attached hydrogens (primary N) is 1. The molecule has 28 valence electrons. The molecule has 1 aliphatic rings. The van der Waals surface area contributed by atoms with E-state index in [9.17, 15) is 0 Å². The van der Waals surface area contributed by atoms with E-state index in [1.54, 1.807) is 11.8 Å². The van der Waals surface area contributed by atoms with Crippen LogP contribution in [0.3, 0.4) is 0 Å². The van der Waals surface area contributed by atoms with Gasteiger partial charge in [0.1, 0.15) is 5.55 Å². The molecule has 0 aromatic rings. The van der Waals surface area contributed by atoms with Crippen molar-refractivity contribution in [3.05, 3.63) is 0 Å². The number of hydrogen-bond acceptors (Lipinski definition) is 2. The lowest BCUT2D eigenvalue weighted by atomic mass is 11.5. The van der Waals surface area contributed by atoms with Gasteiger partial charge in [0, 0.05) is 0 Å². The van der Waals surface area contributed by atoms with Crippen LogP contribution in [0.1, 0.15) is 0 Å². The van der Waals surface area contributed by atoms with Crippen molar-refractivity contribution in [3.63, 3.8) is 0 Å². The van der Waals surface area contributed by atoms with Crippen LogP contribution in [0.4, 0.5) is 0 Å². The SMILES string of the molecule is C1=N[NH2+]CS1. The minimum Gasteiger partial charge on any atom is -0.211 e. The van der Waals surface area contributed by atoms with Crippen molar-refractivity contribution in [3.8, 4) is 0 Å². The van der Waals surface area contributed by atoms with E-state index >= 15 is 0 Å². The normalized spacial score (nSPS) is 20.8. The van der Waals surface area contributed by atoms with Crippen molar-refractivity contribution in [1.29, 1.82) is 0 Å². The van der Waals surface area contributed by atoms with E-state index in [4.69, 9.17) is 0 Å². The molecule has 0 aromatic heterocycles. The highest BCUT2D eigenvalue weighted by molar-refractivity contribution is 8.12. The molecule has 0 fully saturated rings. The van der Waals surface area contributed by atoms with E-state index in [0.29, 0.717) is 0 Å². The number of thioether (sulfide) groups is 1. The quantitative estimate of drug-likeness (QED) is 0.387. The molecule has 0 radical (unpaired) electrons. The van der Waals surface area contributed by atoms with Gasteiger partial charge in [0.25, 0.3) is 0 Å². The first-order valence-corrected chi connectivity index (χ1v) is 2.50. The van der Waals surface area contributed by atoms with Crippen LogP contribution in [0.15, 0.2) is 5.10 Å². The maximum absolute atomic E-state index is 3.80. The fourth-order valence-corrected chi connectivity index (χ4v) is 0.645. The zero-order valence-electron chi connectivity index (χ0n) is 2.72. The molecule has 0 unspecified atom stereocenters. The molecule has 0 aliphatic carbocycles. The summed E-state index contributed by atoms with van der Waals surface area (Å²) >= 11 is 1.73. The molecule has 2 nitrogen and oxygen atoms in total. The molecule has 0 bridgehead atoms. The highest BCUT2D eigenvalue weighted by Gasteiger charge is 1.89. The Balaban J connectivity index is 2.32. The van der Waals surface area contributed by atoms with E-state index in [-0.39, 0.29) is 0 Å². The Morgan fingerprint density at radius 3 is 3.20 bits per heavy atom. The van der Waals surface area contributed by atoms with Gasteiger partial charge in [-0.3, -0.25) is 0 Å². The van der Waals surface area contributed by atoms with Gasteiger partial charge < -0.3 is 0 Å². The highest BCUT2D eigenvalue weighted by Crippen LogP contribution is 1.87. The van der Waals surface area contributed by atoms with Crippen LogP contribution in [-0.2, 0) is 0 Å². The summed E-state index contributed by atoms with van der Waals surface area (Å²) in [6.45, 7) is 0. The molecular weight excluding hydrogens is 84.1 g/mol. The van der Waals surface area contributed by atoms with Gasteiger partial charge in [-0.2, -0.15) is 0 Å². The number of nitrogens with zero attached hydrogens (tertiary/aromatic N) is 1. The lowest BCUT2D eigenvalue weighted by Crippen LogP contribution is -2.74. The Bertz CT molecular complexity index is 45.6. The summed E-state index contributed by atoms with van der Waals surface area (Å²) in [6, 6.07) is 0. The molecule has 0 amide bonds. The molecule has 3 heteroatoms. The van der Waals surface area contributed by atoms with E-state index < -0.39 is 0 Å². The third kappa shape index (κ3) is 0.629. The van der Waals surface area contributed by atoms with Crippen molar-refractivity contribution in [2.45, 2.75) is 0 Å². The summed E-state index contributed by atoms with van der Waals surface area (Å²) < 4.78 is 0. The van der Waals surface area contributed by atoms with E-state index in [1.807, 2.05) is 11.0 Å². The molecule has 1 heterocycles. The third-order valence-corrected chi connectivity index (χ3v) is 1.02. The maximum Gasteiger partial charge on any atom is 0.152 e. The first-order chi connectivity index (χ1) is 2.50. The summed E-state index contributed by atoms with van der Waals surface area (Å²) in [4.78, 5) is 0. The van der Waals surface area contributed by atoms with Gasteiger partial charge in [0.2, 0.25) is 0 Å². The molecule has 2 N–H and O–H groups in total. The van der Waals surface area contributed by atoms with Gasteiger partial charge >= 0.3 is 0 Å². The summed E-state index contributed by atoms with van der Waals surface area (Å²) in [5.74, 6) is 1.07. The van der Waals surface area contributed by atoms with Crippen LogP contribution in [0, 0.1) is 0 Å². The summed E-state index contributed by atoms with van der Waals surface area (Å²) in [5, 5.41) is 3.80. The molecule has 0 saturated carbocycles. The first-order valence-electron chi connectivity index (χ1n) is 1.45. The van der Waals surface area contributed by atoms with Crippen LogP contribution >= 0.6 is 11.8 Å². The average Bonchev–Trinajstić information content (AvgIpc) is 1.76. The Morgan fingerprint density at radius 1 is 2.00 bits per heavy atom. The van der Waals surface area contributed by atoms with Crippen molar-refractivity contribution >= 4 is 17.3 Å². The molecule has 1 rings (SSSR count). The Kier molecular flexibility index (Phi) is 0.907. The van der Waals surface area contributed by atoms with Crippen LogP contribution in [0.5, 0.6) is 0 Å². The molecule has 0 aromatic carbocycles. The Labute approximate surface area is 34.6 Å². The van der Waals surface area contributed by atoms with Gasteiger partial charge in [-0.1, -0.05) is 5.10 Å². The molecule has 5 heavy (non-hydrogen) atoms. The second-order valence-corrected chi connectivity index (χ2v) is 1.65. The first kappa shape index (κ1) is 3.18. The Morgan fingerprint density at radius 2 is 3.00 bits per heavy atom. The lowest BCUT2D eigenvalue weighted by Gasteiger charge is -1.67. The summed E-state index contributed by atoms with van der Waals surface area (Å²) in [5.41, 5.74) is 3.74. The number of hydrogen-bond donors (Lipinski definition) is 1. The zero-order chi connectivity index (χ0) is 3.54. The fraction of sp³-hybridized carbons (Fsp3) is 0.500. The van der Waals surface area contributed by atoms with Gasteiger partial charge in [0.05, 0.1) is 0 Å². The van der Waals surface area contributed by atoms with Gasteiger partial charge in [0.15, 0.2) is 5.88 Å². The number of quaternary nitrogens is 1. The van der Waals surface area contributed by atoms with Crippen molar-refractivity contribution in [2.24, 2.45) is 5.10 Å². The maximum atomic E-state index is 3.80. The fourth-order valence-electron chi connectivity index (χ4n) is 0.215. The van der Waals surface area contributed by atoms with E-state index in [0.717, 1.165) is 5.88 Å². The van der Waals surface area contributed by atoms with Crippen LogP contribution in [0.2, 0.25) is 0 Å². The predicted molar refractivity (Wildman–Crippen MR) is 22.9 cm³/mol. The third-order valence-electron chi connectivity index (χ3n) is 0.412. The summed E-state index contributed by atoms with van der Waals surface area (Å²) in [7, 11) is 0. The Hall–Kier alpha value is -0.0200. The number of rotatable bonds is 0. The van der Waals surface area contributed by atoms with Crippen LogP contribution in [0.25, 0.3) is 0 Å². The van der Waals surface area contributed by atoms with Gasteiger partial charge in [-0.15, -0.1) is 0 Å². The lowest BCUT2D eigenvalue weighted by molar-refractivity contribution is -0.639. The second-order valence-electron chi connectivity index (χ2n) is 0.770. The van der Waals surface area contributed by atoms with E-state index in [1.165, 1.54) is 0 Å². The zero-order valence-corrected chi connectivity index (χ0v) is 3.53. The van der Waals surface area contributed by atoms with Gasteiger partial charge in [-0.25, -0.2) is 5.43 Å². The standard InChI is InChI=1S/C2H4N2S/c1-3-4-2-5-1/h1,4H,2H2/p+1. The van der Waals surface area contributed by atoms with Crippen molar-refractivity contribution < 1.29 is 5.43 Å². The largest absolute Gasteiger partial charge is 0.211 e. The monoisotopic (exact) mass is 89.0 g/mol. The molecule has 0 spiro atoms. The summed E-state index contributed by atoms with van der Waals surface area (Å²) in [6.07, 6.45) is 0. The minimum absolute atomic E-state index is 1.07.